The Balaban J connectivity index is 1.25. The molecule has 0 aliphatic heterocycles. The van der Waals surface area contributed by atoms with Crippen LogP contribution in [-0.2, 0) is 29.2 Å². The van der Waals surface area contributed by atoms with Gasteiger partial charge in [0.05, 0.1) is 5.56 Å². The summed E-state index contributed by atoms with van der Waals surface area (Å²) >= 11 is 0. The van der Waals surface area contributed by atoms with E-state index in [1.165, 1.54) is 12.1 Å². The van der Waals surface area contributed by atoms with Crippen molar-refractivity contribution in [2.24, 2.45) is 0 Å². The number of hydrogen-bond acceptors (Lipinski definition) is 3. The van der Waals surface area contributed by atoms with E-state index < -0.39 is 27.9 Å². The van der Waals surface area contributed by atoms with Crippen LogP contribution < -0.4 is 14.8 Å². The van der Waals surface area contributed by atoms with Gasteiger partial charge in [-0.3, -0.25) is 4.79 Å². The van der Waals surface area contributed by atoms with Crippen molar-refractivity contribution in [2.45, 2.75) is 63.2 Å². The van der Waals surface area contributed by atoms with E-state index >= 15 is 0 Å². The molecule has 206 valence electrons. The highest BCUT2D eigenvalue weighted by Gasteiger charge is 2.30. The Labute approximate surface area is 226 Å². The number of anilines is 1. The van der Waals surface area contributed by atoms with Crippen LogP contribution in [0.3, 0.4) is 0 Å². The highest BCUT2D eigenvalue weighted by atomic mass is 32.2. The first-order chi connectivity index (χ1) is 18.6. The number of amides is 1. The highest BCUT2D eigenvalue weighted by molar-refractivity contribution is 7.87. The summed E-state index contributed by atoms with van der Waals surface area (Å²) in [5.74, 6) is -0.391. The fourth-order valence-corrected chi connectivity index (χ4v) is 6.79. The minimum atomic E-state index is -4.44. The van der Waals surface area contributed by atoms with E-state index in [2.05, 4.69) is 14.8 Å². The standard InChI is InChI=1S/C29H30F3N3O3S/c30-29(31,32)22-13-10-19(11-14-22)26-8-4-5-9-27(26)28(36)33-24-15-12-20-16-25(18-21(20)17-24)35-39(37,38)34-23-6-2-1-3-7-23/h4-5,8-15,17,23,25,34-35H,1-3,6-7,16,18H2,(H,33,36). The number of benzene rings is 3. The van der Waals surface area contributed by atoms with Crippen molar-refractivity contribution >= 4 is 21.8 Å². The summed E-state index contributed by atoms with van der Waals surface area (Å²) in [4.78, 5) is 13.2. The second-order valence-electron chi connectivity index (χ2n) is 10.2. The monoisotopic (exact) mass is 557 g/mol. The van der Waals surface area contributed by atoms with Gasteiger partial charge >= 0.3 is 6.18 Å². The van der Waals surface area contributed by atoms with Gasteiger partial charge in [0, 0.05) is 23.3 Å². The molecule has 0 heterocycles. The smallest absolute Gasteiger partial charge is 0.322 e. The molecule has 3 N–H and O–H groups in total. The third kappa shape index (κ3) is 6.69. The zero-order valence-corrected chi connectivity index (χ0v) is 22.0. The Morgan fingerprint density at radius 1 is 0.795 bits per heavy atom. The van der Waals surface area contributed by atoms with Gasteiger partial charge in [-0.2, -0.15) is 31.0 Å². The van der Waals surface area contributed by atoms with E-state index in [1.54, 1.807) is 30.3 Å². The van der Waals surface area contributed by atoms with Gasteiger partial charge in [0.1, 0.15) is 0 Å². The Kier molecular flexibility index (Phi) is 7.80. The normalized spacial score (nSPS) is 18.1. The predicted octanol–water partition coefficient (Wildman–Crippen LogP) is 5.85. The maximum Gasteiger partial charge on any atom is 0.416 e. The van der Waals surface area contributed by atoms with Crippen LogP contribution >= 0.6 is 0 Å². The summed E-state index contributed by atoms with van der Waals surface area (Å²) in [7, 11) is -3.62. The van der Waals surface area contributed by atoms with Crippen molar-refractivity contribution in [1.82, 2.24) is 9.44 Å². The first-order valence-electron chi connectivity index (χ1n) is 13.1. The van der Waals surface area contributed by atoms with E-state index in [4.69, 9.17) is 0 Å². The molecule has 2 aliphatic carbocycles. The SMILES string of the molecule is O=C(Nc1ccc2c(c1)CC(NS(=O)(=O)NC1CCCCC1)C2)c1ccccc1-c1ccc(C(F)(F)F)cc1. The number of carbonyl (C=O) groups excluding carboxylic acids is 1. The van der Waals surface area contributed by atoms with Gasteiger partial charge in [-0.05, 0) is 78.3 Å². The lowest BCUT2D eigenvalue weighted by molar-refractivity contribution is -0.137. The highest BCUT2D eigenvalue weighted by Crippen LogP contribution is 2.32. The van der Waals surface area contributed by atoms with Crippen LogP contribution in [0.1, 0.15) is 59.2 Å². The van der Waals surface area contributed by atoms with E-state index in [-0.39, 0.29) is 12.1 Å². The minimum Gasteiger partial charge on any atom is -0.322 e. The molecule has 0 aromatic heterocycles. The molecule has 1 saturated carbocycles. The van der Waals surface area contributed by atoms with E-state index in [0.29, 0.717) is 35.2 Å². The Bertz CT molecular complexity index is 1450. The maximum absolute atomic E-state index is 13.2. The molecule has 0 saturated heterocycles. The molecule has 3 aromatic carbocycles. The summed E-state index contributed by atoms with van der Waals surface area (Å²) in [5.41, 5.74) is 3.13. The van der Waals surface area contributed by atoms with E-state index in [9.17, 15) is 26.4 Å². The van der Waals surface area contributed by atoms with Crippen molar-refractivity contribution in [3.8, 4) is 11.1 Å². The lowest BCUT2D eigenvalue weighted by Gasteiger charge is -2.23. The number of carbonyl (C=O) groups is 1. The molecule has 1 amide bonds. The van der Waals surface area contributed by atoms with Crippen LogP contribution in [-0.4, -0.2) is 26.4 Å². The van der Waals surface area contributed by atoms with Gasteiger partial charge in [-0.1, -0.05) is 55.7 Å². The van der Waals surface area contributed by atoms with Crippen molar-refractivity contribution < 1.29 is 26.4 Å². The second-order valence-corrected chi connectivity index (χ2v) is 11.7. The quantitative estimate of drug-likeness (QED) is 0.341. The molecule has 2 aliphatic rings. The van der Waals surface area contributed by atoms with E-state index in [0.717, 1.165) is 55.4 Å². The second kappa shape index (κ2) is 11.1. The fourth-order valence-electron chi connectivity index (χ4n) is 5.44. The molecule has 10 heteroatoms. The molecule has 1 unspecified atom stereocenters. The predicted molar refractivity (Wildman–Crippen MR) is 145 cm³/mol. The molecular formula is C29H30F3N3O3S. The summed E-state index contributed by atoms with van der Waals surface area (Å²) in [6.45, 7) is 0. The van der Waals surface area contributed by atoms with Crippen LogP contribution in [0, 0.1) is 0 Å². The number of halogens is 3. The molecule has 0 radical (unpaired) electrons. The minimum absolute atomic E-state index is 0.0210. The Morgan fingerprint density at radius 2 is 1.46 bits per heavy atom. The lowest BCUT2D eigenvalue weighted by Crippen LogP contribution is -2.47. The zero-order valence-electron chi connectivity index (χ0n) is 21.2. The van der Waals surface area contributed by atoms with Crippen LogP contribution in [0.25, 0.3) is 11.1 Å². The Hall–Kier alpha value is -3.21. The topological polar surface area (TPSA) is 87.3 Å². The number of nitrogens with one attached hydrogen (secondary N) is 3. The molecule has 1 atom stereocenters. The van der Waals surface area contributed by atoms with Crippen molar-refractivity contribution in [3.63, 3.8) is 0 Å². The Morgan fingerprint density at radius 3 is 2.18 bits per heavy atom. The lowest BCUT2D eigenvalue weighted by atomic mass is 9.96. The molecular weight excluding hydrogens is 527 g/mol. The molecule has 0 bridgehead atoms. The van der Waals surface area contributed by atoms with Gasteiger partial charge in [0.2, 0.25) is 0 Å². The first kappa shape index (κ1) is 27.4. The number of alkyl halides is 3. The van der Waals surface area contributed by atoms with Gasteiger partial charge < -0.3 is 5.32 Å². The molecule has 1 fully saturated rings. The third-order valence-electron chi connectivity index (χ3n) is 7.34. The third-order valence-corrected chi connectivity index (χ3v) is 8.63. The van der Waals surface area contributed by atoms with Crippen molar-refractivity contribution in [1.29, 1.82) is 0 Å². The number of hydrogen-bond donors (Lipinski definition) is 3. The molecule has 39 heavy (non-hydrogen) atoms. The van der Waals surface area contributed by atoms with Crippen LogP contribution in [0.15, 0.2) is 66.7 Å². The van der Waals surface area contributed by atoms with Crippen molar-refractivity contribution in [2.75, 3.05) is 5.32 Å². The van der Waals surface area contributed by atoms with Crippen LogP contribution in [0.4, 0.5) is 18.9 Å². The van der Waals surface area contributed by atoms with Gasteiger partial charge in [-0.25, -0.2) is 0 Å². The molecule has 5 rings (SSSR count). The van der Waals surface area contributed by atoms with Crippen LogP contribution in [0.2, 0.25) is 0 Å². The summed E-state index contributed by atoms with van der Waals surface area (Å²) in [5, 5.41) is 2.88. The summed E-state index contributed by atoms with van der Waals surface area (Å²) < 4.78 is 69.8. The average Bonchev–Trinajstić information content (AvgIpc) is 3.29. The van der Waals surface area contributed by atoms with Crippen molar-refractivity contribution in [3.05, 3.63) is 89.0 Å². The van der Waals surface area contributed by atoms with Gasteiger partial charge in [-0.15, -0.1) is 0 Å². The number of rotatable bonds is 7. The zero-order chi connectivity index (χ0) is 27.6. The molecule has 6 nitrogen and oxygen atoms in total. The van der Waals surface area contributed by atoms with Crippen LogP contribution in [0.5, 0.6) is 0 Å². The summed E-state index contributed by atoms with van der Waals surface area (Å²) in [6, 6.07) is 16.7. The van der Waals surface area contributed by atoms with E-state index in [1.807, 2.05) is 12.1 Å². The maximum atomic E-state index is 13.2. The summed E-state index contributed by atoms with van der Waals surface area (Å²) in [6.07, 6.45) is 1.56. The fraction of sp³-hybridized carbons (Fsp3) is 0.345. The van der Waals surface area contributed by atoms with Gasteiger partial charge in [0.25, 0.3) is 16.1 Å². The average molecular weight is 558 g/mol. The van der Waals surface area contributed by atoms with Gasteiger partial charge in [0.15, 0.2) is 0 Å². The first-order valence-corrected chi connectivity index (χ1v) is 14.6. The number of fused-ring (bicyclic) bond motifs is 1. The molecule has 0 spiro atoms. The molecule has 3 aromatic rings. The largest absolute Gasteiger partial charge is 0.416 e.